The third-order valence-corrected chi connectivity index (χ3v) is 5.14. The van der Waals surface area contributed by atoms with Crippen LogP contribution in [0.5, 0.6) is 0 Å². The van der Waals surface area contributed by atoms with Crippen LogP contribution >= 0.6 is 0 Å². The van der Waals surface area contributed by atoms with E-state index >= 15 is 0 Å². The van der Waals surface area contributed by atoms with Crippen LogP contribution in [0, 0.1) is 5.92 Å². The second-order valence-electron chi connectivity index (χ2n) is 8.02. The fraction of sp³-hybridized carbons (Fsp3) is 0.684. The van der Waals surface area contributed by atoms with Crippen molar-refractivity contribution in [2.75, 3.05) is 6.54 Å². The molecule has 1 aliphatic heterocycles. The Morgan fingerprint density at radius 2 is 1.69 bits per heavy atom. The molecular weight excluding hydrogens is 426 g/mol. The van der Waals surface area contributed by atoms with Gasteiger partial charge in [0.1, 0.15) is 18.1 Å². The van der Waals surface area contributed by atoms with Crippen LogP contribution in [0.3, 0.4) is 0 Å². The van der Waals surface area contributed by atoms with Gasteiger partial charge in [-0.2, -0.15) is 0 Å². The molecule has 180 valence electrons. The Hall–Kier alpha value is -3.22. The van der Waals surface area contributed by atoms with Gasteiger partial charge in [0.25, 0.3) is 0 Å². The van der Waals surface area contributed by atoms with E-state index in [0.29, 0.717) is 6.42 Å². The van der Waals surface area contributed by atoms with Gasteiger partial charge in [-0.05, 0) is 25.2 Å². The van der Waals surface area contributed by atoms with E-state index in [1.54, 1.807) is 13.8 Å². The summed E-state index contributed by atoms with van der Waals surface area (Å²) in [4.78, 5) is 72.7. The quantitative estimate of drug-likeness (QED) is 0.186. The molecule has 1 rings (SSSR count). The van der Waals surface area contributed by atoms with Crippen LogP contribution in [0.4, 0.5) is 0 Å². The number of aliphatic carboxylic acids is 2. The molecule has 8 N–H and O–H groups in total. The van der Waals surface area contributed by atoms with Gasteiger partial charge in [-0.25, -0.2) is 4.79 Å². The van der Waals surface area contributed by atoms with Gasteiger partial charge in [0.15, 0.2) is 0 Å². The Bertz CT molecular complexity index is 756. The molecule has 0 unspecified atom stereocenters. The molecule has 4 atom stereocenters. The first-order valence-electron chi connectivity index (χ1n) is 10.2. The van der Waals surface area contributed by atoms with Gasteiger partial charge in [0, 0.05) is 13.0 Å². The highest BCUT2D eigenvalue weighted by atomic mass is 16.4. The van der Waals surface area contributed by atoms with Crippen molar-refractivity contribution in [3.05, 3.63) is 0 Å². The maximum atomic E-state index is 13.0. The molecule has 0 aromatic carbocycles. The number of nitrogens with two attached hydrogens (primary N) is 2. The van der Waals surface area contributed by atoms with E-state index in [1.807, 2.05) is 0 Å². The minimum atomic E-state index is -1.44. The number of nitrogens with one attached hydrogen (secondary N) is 2. The maximum absolute atomic E-state index is 13.0. The first-order valence-corrected chi connectivity index (χ1v) is 10.2. The maximum Gasteiger partial charge on any atom is 0.326 e. The van der Waals surface area contributed by atoms with Crippen LogP contribution in [-0.4, -0.2) is 81.4 Å². The van der Waals surface area contributed by atoms with Crippen molar-refractivity contribution in [3.8, 4) is 0 Å². The molecule has 0 radical (unpaired) electrons. The Kier molecular flexibility index (Phi) is 10.0. The molecule has 1 fully saturated rings. The lowest BCUT2D eigenvalue weighted by Crippen LogP contribution is -2.58. The zero-order chi connectivity index (χ0) is 24.6. The first-order chi connectivity index (χ1) is 14.8. The van der Waals surface area contributed by atoms with Gasteiger partial charge < -0.3 is 37.2 Å². The standard InChI is InChI=1S/C19H31N5O8/c1-9(2)15(21)17(29)23-11(8-13(20)25)18(30)24-7-3-4-12(24)16(28)22-10(19(31)32)5-6-14(26)27/h9-12,15H,3-8,21H2,1-2H3,(H2,20,25)(H,22,28)(H,23,29)(H,26,27)(H,31,32)/t10-,11-,12-,15-/m0/s1. The lowest BCUT2D eigenvalue weighted by Gasteiger charge is -2.29. The van der Waals surface area contributed by atoms with Gasteiger partial charge in [-0.1, -0.05) is 13.8 Å². The van der Waals surface area contributed by atoms with E-state index in [4.69, 9.17) is 16.6 Å². The summed E-state index contributed by atoms with van der Waals surface area (Å²) in [5.74, 6) is -5.84. The zero-order valence-electron chi connectivity index (χ0n) is 18.1. The Balaban J connectivity index is 2.96. The van der Waals surface area contributed by atoms with Crippen LogP contribution in [0.2, 0.25) is 0 Å². The van der Waals surface area contributed by atoms with E-state index in [2.05, 4.69) is 10.6 Å². The number of hydrogen-bond donors (Lipinski definition) is 6. The van der Waals surface area contributed by atoms with Crippen LogP contribution in [-0.2, 0) is 28.8 Å². The first kappa shape index (κ1) is 26.8. The average molecular weight is 457 g/mol. The molecule has 1 aliphatic rings. The van der Waals surface area contributed by atoms with E-state index < -0.39 is 72.6 Å². The van der Waals surface area contributed by atoms with Crippen LogP contribution in [0.25, 0.3) is 0 Å². The van der Waals surface area contributed by atoms with Crippen LogP contribution < -0.4 is 22.1 Å². The van der Waals surface area contributed by atoms with E-state index in [0.717, 1.165) is 4.90 Å². The van der Waals surface area contributed by atoms with Gasteiger partial charge in [0.05, 0.1) is 12.5 Å². The third-order valence-electron chi connectivity index (χ3n) is 5.14. The van der Waals surface area contributed by atoms with Gasteiger partial charge in [-0.15, -0.1) is 0 Å². The smallest absolute Gasteiger partial charge is 0.326 e. The summed E-state index contributed by atoms with van der Waals surface area (Å²) in [5.41, 5.74) is 11.0. The summed E-state index contributed by atoms with van der Waals surface area (Å²) in [7, 11) is 0. The normalized spacial score (nSPS) is 18.5. The lowest BCUT2D eigenvalue weighted by molar-refractivity contribution is -0.146. The number of hydrogen-bond acceptors (Lipinski definition) is 7. The third kappa shape index (κ3) is 7.80. The Morgan fingerprint density at radius 1 is 1.06 bits per heavy atom. The molecule has 0 aliphatic carbocycles. The molecule has 0 aromatic heterocycles. The van der Waals surface area contributed by atoms with Crippen LogP contribution in [0.15, 0.2) is 0 Å². The highest BCUT2D eigenvalue weighted by molar-refractivity contribution is 5.96. The number of primary amides is 1. The number of carbonyl (C=O) groups excluding carboxylic acids is 4. The van der Waals surface area contributed by atoms with Gasteiger partial charge >= 0.3 is 11.9 Å². The molecule has 4 amide bonds. The molecule has 0 bridgehead atoms. The monoisotopic (exact) mass is 457 g/mol. The summed E-state index contributed by atoms with van der Waals surface area (Å²) in [6.45, 7) is 3.56. The topological polar surface area (TPSA) is 222 Å². The van der Waals surface area contributed by atoms with Gasteiger partial charge in [0.2, 0.25) is 23.6 Å². The van der Waals surface area contributed by atoms with Crippen molar-refractivity contribution < 1.29 is 39.0 Å². The van der Waals surface area contributed by atoms with E-state index in [-0.39, 0.29) is 25.3 Å². The van der Waals surface area contributed by atoms with Crippen molar-refractivity contribution >= 4 is 35.6 Å². The second-order valence-corrected chi connectivity index (χ2v) is 8.02. The molecule has 13 nitrogen and oxygen atoms in total. The Morgan fingerprint density at radius 3 is 2.19 bits per heavy atom. The molecule has 32 heavy (non-hydrogen) atoms. The molecule has 1 heterocycles. The fourth-order valence-corrected chi connectivity index (χ4v) is 3.27. The van der Waals surface area contributed by atoms with Gasteiger partial charge in [-0.3, -0.25) is 24.0 Å². The molecule has 0 aromatic rings. The molecule has 0 saturated carbocycles. The highest BCUT2D eigenvalue weighted by Gasteiger charge is 2.39. The van der Waals surface area contributed by atoms with Crippen LogP contribution in [0.1, 0.15) is 46.0 Å². The second kappa shape index (κ2) is 12.0. The summed E-state index contributed by atoms with van der Waals surface area (Å²) in [5, 5.41) is 22.6. The Labute approximate surface area is 184 Å². The van der Waals surface area contributed by atoms with Crippen molar-refractivity contribution in [3.63, 3.8) is 0 Å². The minimum absolute atomic E-state index is 0.144. The summed E-state index contributed by atoms with van der Waals surface area (Å²) >= 11 is 0. The van der Waals surface area contributed by atoms with Crippen molar-refractivity contribution in [1.82, 2.24) is 15.5 Å². The number of carboxylic acid groups (broad SMARTS) is 2. The lowest BCUT2D eigenvalue weighted by atomic mass is 10.0. The van der Waals surface area contributed by atoms with Crippen molar-refractivity contribution in [1.29, 1.82) is 0 Å². The number of amides is 4. The van der Waals surface area contributed by atoms with E-state index in [9.17, 15) is 33.9 Å². The van der Waals surface area contributed by atoms with E-state index in [1.165, 1.54) is 0 Å². The number of nitrogens with zero attached hydrogens (tertiary/aromatic N) is 1. The molecule has 13 heteroatoms. The fourth-order valence-electron chi connectivity index (χ4n) is 3.27. The number of carbonyl (C=O) groups is 6. The number of likely N-dealkylation sites (tertiary alicyclic amines) is 1. The molecule has 1 saturated heterocycles. The number of carboxylic acids is 2. The minimum Gasteiger partial charge on any atom is -0.481 e. The van der Waals surface area contributed by atoms with Crippen molar-refractivity contribution in [2.45, 2.75) is 70.1 Å². The largest absolute Gasteiger partial charge is 0.481 e. The SMILES string of the molecule is CC(C)[C@H](N)C(=O)N[C@@H](CC(N)=O)C(=O)N1CCC[C@H]1C(=O)N[C@@H](CCC(=O)O)C(=O)O. The van der Waals surface area contributed by atoms with Crippen molar-refractivity contribution in [2.24, 2.45) is 17.4 Å². The number of rotatable bonds is 12. The predicted molar refractivity (Wildman–Crippen MR) is 110 cm³/mol. The molecular formula is C19H31N5O8. The summed E-state index contributed by atoms with van der Waals surface area (Å²) < 4.78 is 0. The summed E-state index contributed by atoms with van der Waals surface area (Å²) in [6.07, 6.45) is -0.639. The zero-order valence-corrected chi connectivity index (χ0v) is 18.1. The summed E-state index contributed by atoms with van der Waals surface area (Å²) in [6, 6.07) is -4.75. The highest BCUT2D eigenvalue weighted by Crippen LogP contribution is 2.20. The average Bonchev–Trinajstić information content (AvgIpc) is 3.18. The predicted octanol–water partition coefficient (Wildman–Crippen LogP) is -2.24. The molecule has 0 spiro atoms.